The first-order valence-corrected chi connectivity index (χ1v) is 7.89. The van der Waals surface area contributed by atoms with Crippen molar-refractivity contribution >= 4 is 39.7 Å². The minimum absolute atomic E-state index is 0.0671. The number of benzene rings is 2. The van der Waals surface area contributed by atoms with Gasteiger partial charge in [-0.3, -0.25) is 4.79 Å². The third kappa shape index (κ3) is 2.49. The lowest BCUT2D eigenvalue weighted by atomic mass is 10.0. The molecule has 4 rings (SSSR count). The maximum Gasteiger partial charge on any atom is 0.247 e. The first-order chi connectivity index (χ1) is 11.2. The van der Waals surface area contributed by atoms with Crippen molar-refractivity contribution in [2.45, 2.75) is 12.5 Å². The van der Waals surface area contributed by atoms with Gasteiger partial charge in [0.1, 0.15) is 11.0 Å². The second-order valence-electron chi connectivity index (χ2n) is 5.62. The summed E-state index contributed by atoms with van der Waals surface area (Å²) in [5.74, 6) is -0.0671. The Morgan fingerprint density at radius 3 is 2.74 bits per heavy atom. The van der Waals surface area contributed by atoms with Crippen LogP contribution in [0.5, 0.6) is 0 Å². The van der Waals surface area contributed by atoms with Crippen molar-refractivity contribution in [1.29, 1.82) is 0 Å². The fraction of sp³-hybridized carbons (Fsp3) is 0.111. The van der Waals surface area contributed by atoms with Crippen LogP contribution < -0.4 is 10.6 Å². The molecule has 0 aliphatic carbocycles. The van der Waals surface area contributed by atoms with Crippen LogP contribution in [0.15, 0.2) is 54.7 Å². The summed E-state index contributed by atoms with van der Waals surface area (Å²) in [4.78, 5) is 16.4. The number of nitrogens with one attached hydrogen (secondary N) is 3. The van der Waals surface area contributed by atoms with Crippen molar-refractivity contribution < 1.29 is 4.79 Å². The van der Waals surface area contributed by atoms with Crippen LogP contribution >= 0.6 is 12.2 Å². The second kappa shape index (κ2) is 5.52. The van der Waals surface area contributed by atoms with Crippen molar-refractivity contribution in [2.24, 2.45) is 0 Å². The number of hydrogen-bond acceptors (Lipinski definition) is 2. The van der Waals surface area contributed by atoms with Gasteiger partial charge in [-0.15, -0.1) is 0 Å². The van der Waals surface area contributed by atoms with Crippen molar-refractivity contribution in [2.75, 3.05) is 5.32 Å². The molecule has 0 saturated carbocycles. The molecule has 1 unspecified atom stereocenters. The van der Waals surface area contributed by atoms with E-state index in [1.165, 1.54) is 0 Å². The SMILES string of the molecule is O=C1Nc2ccccc2C(=S)NC1Cc1c[nH]c2ccccc12. The third-order valence-electron chi connectivity index (χ3n) is 4.15. The molecular weight excluding hydrogens is 306 g/mol. The fourth-order valence-electron chi connectivity index (χ4n) is 2.98. The van der Waals surface area contributed by atoms with Crippen LogP contribution in [0.1, 0.15) is 11.1 Å². The molecule has 1 aromatic heterocycles. The normalized spacial score (nSPS) is 17.3. The first kappa shape index (κ1) is 14.0. The number of aromatic amines is 1. The summed E-state index contributed by atoms with van der Waals surface area (Å²) >= 11 is 5.46. The van der Waals surface area contributed by atoms with Gasteiger partial charge in [-0.25, -0.2) is 0 Å². The Morgan fingerprint density at radius 1 is 1.04 bits per heavy atom. The Balaban J connectivity index is 1.65. The molecule has 0 fully saturated rings. The molecule has 2 heterocycles. The highest BCUT2D eigenvalue weighted by atomic mass is 32.1. The number of anilines is 1. The van der Waals surface area contributed by atoms with E-state index in [-0.39, 0.29) is 5.91 Å². The van der Waals surface area contributed by atoms with E-state index in [0.29, 0.717) is 11.4 Å². The zero-order valence-corrected chi connectivity index (χ0v) is 13.1. The monoisotopic (exact) mass is 321 g/mol. The average molecular weight is 321 g/mol. The summed E-state index contributed by atoms with van der Waals surface area (Å²) in [6, 6.07) is 15.3. The average Bonchev–Trinajstić information content (AvgIpc) is 2.92. The molecule has 5 heteroatoms. The van der Waals surface area contributed by atoms with E-state index in [4.69, 9.17) is 12.2 Å². The number of hydrogen-bond donors (Lipinski definition) is 3. The smallest absolute Gasteiger partial charge is 0.247 e. The Morgan fingerprint density at radius 2 is 1.83 bits per heavy atom. The van der Waals surface area contributed by atoms with Crippen LogP contribution in [-0.4, -0.2) is 21.9 Å². The van der Waals surface area contributed by atoms with Gasteiger partial charge in [0.05, 0.1) is 5.69 Å². The van der Waals surface area contributed by atoms with Gasteiger partial charge >= 0.3 is 0 Å². The predicted molar refractivity (Wildman–Crippen MR) is 95.7 cm³/mol. The molecule has 0 spiro atoms. The van der Waals surface area contributed by atoms with Gasteiger partial charge < -0.3 is 15.6 Å². The van der Waals surface area contributed by atoms with Crippen LogP contribution in [0.2, 0.25) is 0 Å². The van der Waals surface area contributed by atoms with Crippen LogP contribution in [-0.2, 0) is 11.2 Å². The van der Waals surface area contributed by atoms with E-state index < -0.39 is 6.04 Å². The number of amides is 1. The Labute approximate surface area is 138 Å². The minimum Gasteiger partial charge on any atom is -0.364 e. The van der Waals surface area contributed by atoms with E-state index in [0.717, 1.165) is 27.7 Å². The number of fused-ring (bicyclic) bond motifs is 2. The number of thiocarbonyl (C=S) groups is 1. The standard InChI is InChI=1S/C18H15N3OS/c22-17-16(9-11-10-19-14-7-3-1-5-12(11)14)21-18(23)13-6-2-4-8-15(13)20-17/h1-8,10,16,19H,9H2,(H,20,22)(H,21,23). The summed E-state index contributed by atoms with van der Waals surface area (Å²) in [7, 11) is 0. The molecule has 0 saturated heterocycles. The van der Waals surface area contributed by atoms with Gasteiger partial charge in [0.15, 0.2) is 0 Å². The Hall–Kier alpha value is -2.66. The Bertz CT molecular complexity index is 915. The van der Waals surface area contributed by atoms with E-state index in [9.17, 15) is 4.79 Å². The molecular formula is C18H15N3OS. The van der Waals surface area contributed by atoms with Gasteiger partial charge in [-0.2, -0.15) is 0 Å². The lowest BCUT2D eigenvalue weighted by molar-refractivity contribution is -0.117. The van der Waals surface area contributed by atoms with E-state index in [1.54, 1.807) is 0 Å². The van der Waals surface area contributed by atoms with Gasteiger partial charge in [0, 0.05) is 29.1 Å². The van der Waals surface area contributed by atoms with Crippen molar-refractivity contribution in [3.8, 4) is 0 Å². The van der Waals surface area contributed by atoms with Crippen molar-refractivity contribution in [3.05, 3.63) is 65.9 Å². The molecule has 114 valence electrons. The van der Waals surface area contributed by atoms with Crippen LogP contribution in [0.4, 0.5) is 5.69 Å². The summed E-state index contributed by atoms with van der Waals surface area (Å²) in [6.45, 7) is 0. The zero-order valence-electron chi connectivity index (χ0n) is 12.3. The van der Waals surface area contributed by atoms with Crippen molar-refractivity contribution in [1.82, 2.24) is 10.3 Å². The zero-order chi connectivity index (χ0) is 15.8. The molecule has 1 aliphatic rings. The number of rotatable bonds is 2. The quantitative estimate of drug-likeness (QED) is 0.636. The maximum atomic E-state index is 12.5. The van der Waals surface area contributed by atoms with E-state index >= 15 is 0 Å². The van der Waals surface area contributed by atoms with E-state index in [2.05, 4.69) is 21.7 Å². The lowest BCUT2D eigenvalue weighted by Crippen LogP contribution is -2.42. The summed E-state index contributed by atoms with van der Waals surface area (Å²) in [6.07, 6.45) is 2.53. The molecule has 2 aromatic carbocycles. The summed E-state index contributed by atoms with van der Waals surface area (Å²) in [5.41, 5.74) is 3.79. The number of aromatic nitrogens is 1. The van der Waals surface area contributed by atoms with Gasteiger partial charge in [-0.1, -0.05) is 42.5 Å². The van der Waals surface area contributed by atoms with Crippen LogP contribution in [0.3, 0.4) is 0 Å². The Kier molecular flexibility index (Phi) is 3.35. The van der Waals surface area contributed by atoms with Crippen LogP contribution in [0, 0.1) is 0 Å². The van der Waals surface area contributed by atoms with Crippen molar-refractivity contribution in [3.63, 3.8) is 0 Å². The highest BCUT2D eigenvalue weighted by molar-refractivity contribution is 7.80. The lowest BCUT2D eigenvalue weighted by Gasteiger charge is -2.15. The van der Waals surface area contributed by atoms with Gasteiger partial charge in [-0.05, 0) is 23.8 Å². The molecule has 0 radical (unpaired) electrons. The highest BCUT2D eigenvalue weighted by Crippen LogP contribution is 2.22. The first-order valence-electron chi connectivity index (χ1n) is 7.48. The fourth-order valence-corrected chi connectivity index (χ4v) is 3.30. The molecule has 4 nitrogen and oxygen atoms in total. The molecule has 1 atom stereocenters. The second-order valence-corrected chi connectivity index (χ2v) is 6.03. The molecule has 1 amide bonds. The maximum absolute atomic E-state index is 12.5. The van der Waals surface area contributed by atoms with Gasteiger partial charge in [0.25, 0.3) is 0 Å². The largest absolute Gasteiger partial charge is 0.364 e. The number of para-hydroxylation sites is 2. The van der Waals surface area contributed by atoms with Gasteiger partial charge in [0.2, 0.25) is 5.91 Å². The summed E-state index contributed by atoms with van der Waals surface area (Å²) < 4.78 is 0. The molecule has 23 heavy (non-hydrogen) atoms. The number of carbonyl (C=O) groups excluding carboxylic acids is 1. The molecule has 0 bridgehead atoms. The minimum atomic E-state index is -0.394. The molecule has 1 aliphatic heterocycles. The topological polar surface area (TPSA) is 56.9 Å². The molecule has 3 aromatic rings. The number of carbonyl (C=O) groups is 1. The van der Waals surface area contributed by atoms with E-state index in [1.807, 2.05) is 48.7 Å². The molecule has 3 N–H and O–H groups in total. The van der Waals surface area contributed by atoms with Crippen LogP contribution in [0.25, 0.3) is 10.9 Å². The highest BCUT2D eigenvalue weighted by Gasteiger charge is 2.26. The third-order valence-corrected chi connectivity index (χ3v) is 4.49. The summed E-state index contributed by atoms with van der Waals surface area (Å²) in [5, 5.41) is 7.29. The predicted octanol–water partition coefficient (Wildman–Crippen LogP) is 3.00. The number of H-pyrrole nitrogens is 1.